The molecule has 20 heavy (non-hydrogen) atoms. The van der Waals surface area contributed by atoms with E-state index in [1.165, 1.54) is 0 Å². The van der Waals surface area contributed by atoms with Gasteiger partial charge in [-0.05, 0) is 37.9 Å². The summed E-state index contributed by atoms with van der Waals surface area (Å²) >= 11 is 0. The summed E-state index contributed by atoms with van der Waals surface area (Å²) in [4.78, 5) is 14.2. The number of carbonyl (C=O) groups is 1. The van der Waals surface area contributed by atoms with E-state index in [0.29, 0.717) is 5.56 Å². The van der Waals surface area contributed by atoms with Crippen LogP contribution in [-0.4, -0.2) is 37.0 Å². The van der Waals surface area contributed by atoms with E-state index in [1.807, 2.05) is 4.90 Å². The number of benzene rings is 1. The molecule has 1 aromatic carbocycles. The Morgan fingerprint density at radius 1 is 1.40 bits per heavy atom. The van der Waals surface area contributed by atoms with Gasteiger partial charge in [0.1, 0.15) is 5.82 Å². The van der Waals surface area contributed by atoms with Gasteiger partial charge >= 0.3 is 0 Å². The number of aryl methyl sites for hydroxylation is 1. The number of nitrogens with zero attached hydrogens (tertiary/aromatic N) is 1. The molecule has 1 atom stereocenters. The van der Waals surface area contributed by atoms with Crippen LogP contribution in [0.2, 0.25) is 0 Å². The van der Waals surface area contributed by atoms with E-state index in [1.54, 1.807) is 25.1 Å². The molecule has 1 spiro atoms. The number of hydrogen-bond acceptors (Lipinski definition) is 2. The molecule has 2 aliphatic heterocycles. The van der Waals surface area contributed by atoms with Gasteiger partial charge in [0.2, 0.25) is 0 Å². The lowest BCUT2D eigenvalue weighted by atomic mass is 9.86. The molecule has 2 aliphatic rings. The topological polar surface area (TPSA) is 32.3 Å². The van der Waals surface area contributed by atoms with E-state index in [-0.39, 0.29) is 35.1 Å². The summed E-state index contributed by atoms with van der Waals surface area (Å²) in [6.45, 7) is 5.20. The van der Waals surface area contributed by atoms with Crippen LogP contribution in [0, 0.1) is 18.2 Å². The zero-order valence-electron chi connectivity index (χ0n) is 11.6. The van der Waals surface area contributed by atoms with E-state index in [2.05, 4.69) is 5.32 Å². The van der Waals surface area contributed by atoms with Gasteiger partial charge in [0.25, 0.3) is 5.91 Å². The molecule has 1 amide bonds. The maximum absolute atomic E-state index is 14.0. The Morgan fingerprint density at radius 2 is 2.20 bits per heavy atom. The number of hydrogen-bond donors (Lipinski definition) is 1. The van der Waals surface area contributed by atoms with Crippen molar-refractivity contribution in [3.8, 4) is 0 Å². The van der Waals surface area contributed by atoms with Crippen molar-refractivity contribution in [2.45, 2.75) is 19.8 Å². The third kappa shape index (κ3) is 2.54. The molecule has 0 aliphatic carbocycles. The lowest BCUT2D eigenvalue weighted by molar-refractivity contribution is 0.0771. The van der Waals surface area contributed by atoms with E-state index < -0.39 is 0 Å². The fourth-order valence-corrected chi connectivity index (χ4v) is 3.24. The van der Waals surface area contributed by atoms with E-state index >= 15 is 0 Å². The summed E-state index contributed by atoms with van der Waals surface area (Å²) in [6, 6.07) is 5.02. The number of likely N-dealkylation sites (tertiary alicyclic amines) is 1. The Kier molecular flexibility index (Phi) is 4.35. The summed E-state index contributed by atoms with van der Waals surface area (Å²) in [7, 11) is 0. The molecule has 1 N–H and O–H groups in total. The molecule has 2 fully saturated rings. The fraction of sp³-hybridized carbons (Fsp3) is 0.533. The van der Waals surface area contributed by atoms with Crippen LogP contribution < -0.4 is 5.32 Å². The Labute approximate surface area is 124 Å². The van der Waals surface area contributed by atoms with Crippen LogP contribution in [0.15, 0.2) is 18.2 Å². The Morgan fingerprint density at radius 3 is 2.90 bits per heavy atom. The zero-order chi connectivity index (χ0) is 13.5. The first-order valence-corrected chi connectivity index (χ1v) is 6.86. The summed E-state index contributed by atoms with van der Waals surface area (Å²) in [6.07, 6.45) is 2.15. The number of amides is 1. The second-order valence-electron chi connectivity index (χ2n) is 5.84. The maximum Gasteiger partial charge on any atom is 0.256 e. The lowest BCUT2D eigenvalue weighted by Gasteiger charge is -2.23. The highest BCUT2D eigenvalue weighted by Crippen LogP contribution is 2.36. The Hall–Kier alpha value is -1.13. The quantitative estimate of drug-likeness (QED) is 0.863. The second-order valence-corrected chi connectivity index (χ2v) is 5.84. The van der Waals surface area contributed by atoms with E-state index in [0.717, 1.165) is 39.0 Å². The number of halogens is 2. The summed E-state index contributed by atoms with van der Waals surface area (Å²) in [5.74, 6) is -0.539. The maximum atomic E-state index is 14.0. The standard InChI is InChI=1S/C15H19FN2O.ClH/c1-11-3-2-4-12(13(11)16)14(19)18-8-6-15(10-18)5-7-17-9-15;/h2-4,17H,5-10H2,1H3;1H. The minimum Gasteiger partial charge on any atom is -0.338 e. The van der Waals surface area contributed by atoms with Gasteiger partial charge in [-0.3, -0.25) is 4.79 Å². The van der Waals surface area contributed by atoms with Crippen LogP contribution in [0.4, 0.5) is 4.39 Å². The third-order valence-electron chi connectivity index (χ3n) is 4.48. The first-order valence-electron chi connectivity index (χ1n) is 6.86. The summed E-state index contributed by atoms with van der Waals surface area (Å²) in [5, 5.41) is 3.36. The van der Waals surface area contributed by atoms with Gasteiger partial charge in [0.05, 0.1) is 5.56 Å². The van der Waals surface area contributed by atoms with Gasteiger partial charge in [-0.25, -0.2) is 4.39 Å². The highest BCUT2D eigenvalue weighted by atomic mass is 35.5. The normalized spacial score (nSPS) is 25.0. The first-order chi connectivity index (χ1) is 9.11. The second kappa shape index (κ2) is 5.70. The molecule has 3 nitrogen and oxygen atoms in total. The number of rotatable bonds is 1. The van der Waals surface area contributed by atoms with Gasteiger partial charge in [-0.15, -0.1) is 12.4 Å². The Bertz CT molecular complexity index is 515. The van der Waals surface area contributed by atoms with Crippen LogP contribution in [0.1, 0.15) is 28.8 Å². The molecule has 0 bridgehead atoms. The van der Waals surface area contributed by atoms with Crippen molar-refractivity contribution in [2.24, 2.45) is 5.41 Å². The van der Waals surface area contributed by atoms with Gasteiger partial charge in [-0.2, -0.15) is 0 Å². The van der Waals surface area contributed by atoms with Crippen molar-refractivity contribution < 1.29 is 9.18 Å². The molecular formula is C15H20ClFN2O. The van der Waals surface area contributed by atoms with Crippen LogP contribution in [0.3, 0.4) is 0 Å². The molecule has 1 unspecified atom stereocenters. The lowest BCUT2D eigenvalue weighted by Crippen LogP contribution is -2.33. The van der Waals surface area contributed by atoms with E-state index in [4.69, 9.17) is 0 Å². The van der Waals surface area contributed by atoms with Crippen molar-refractivity contribution in [1.82, 2.24) is 10.2 Å². The minimum absolute atomic E-state index is 0. The molecule has 0 saturated carbocycles. The highest BCUT2D eigenvalue weighted by molar-refractivity contribution is 5.95. The molecule has 0 aromatic heterocycles. The van der Waals surface area contributed by atoms with Crippen molar-refractivity contribution in [3.05, 3.63) is 35.1 Å². The molecule has 5 heteroatoms. The highest BCUT2D eigenvalue weighted by Gasteiger charge is 2.42. The summed E-state index contributed by atoms with van der Waals surface area (Å²) in [5.41, 5.74) is 0.973. The third-order valence-corrected chi connectivity index (χ3v) is 4.48. The molecule has 3 rings (SSSR count). The summed E-state index contributed by atoms with van der Waals surface area (Å²) < 4.78 is 14.0. The van der Waals surface area contributed by atoms with Gasteiger partial charge < -0.3 is 10.2 Å². The van der Waals surface area contributed by atoms with Gasteiger partial charge in [0, 0.05) is 25.0 Å². The number of nitrogens with one attached hydrogen (secondary N) is 1. The average molecular weight is 299 g/mol. The van der Waals surface area contributed by atoms with Crippen molar-refractivity contribution in [1.29, 1.82) is 0 Å². The van der Waals surface area contributed by atoms with Crippen molar-refractivity contribution in [2.75, 3.05) is 26.2 Å². The van der Waals surface area contributed by atoms with Gasteiger partial charge in [-0.1, -0.05) is 12.1 Å². The van der Waals surface area contributed by atoms with Crippen LogP contribution in [0.25, 0.3) is 0 Å². The Balaban J connectivity index is 0.00000147. The van der Waals surface area contributed by atoms with Crippen molar-refractivity contribution >= 4 is 18.3 Å². The molecule has 1 aromatic rings. The number of carbonyl (C=O) groups excluding carboxylic acids is 1. The fourth-order valence-electron chi connectivity index (χ4n) is 3.24. The SMILES string of the molecule is Cc1cccc(C(=O)N2CCC3(CCNC3)C2)c1F.Cl. The zero-order valence-corrected chi connectivity index (χ0v) is 12.4. The molecule has 2 saturated heterocycles. The van der Waals surface area contributed by atoms with Crippen molar-refractivity contribution in [3.63, 3.8) is 0 Å². The van der Waals surface area contributed by atoms with Crippen LogP contribution >= 0.6 is 12.4 Å². The monoisotopic (exact) mass is 298 g/mol. The molecule has 2 heterocycles. The van der Waals surface area contributed by atoms with Gasteiger partial charge in [0.15, 0.2) is 0 Å². The predicted molar refractivity (Wildman–Crippen MR) is 78.8 cm³/mol. The molecule has 0 radical (unpaired) electrons. The first kappa shape index (κ1) is 15.3. The van der Waals surface area contributed by atoms with E-state index in [9.17, 15) is 9.18 Å². The smallest absolute Gasteiger partial charge is 0.256 e. The van der Waals surface area contributed by atoms with Crippen LogP contribution in [0.5, 0.6) is 0 Å². The molecule has 110 valence electrons. The largest absolute Gasteiger partial charge is 0.338 e. The average Bonchev–Trinajstić information content (AvgIpc) is 3.03. The van der Waals surface area contributed by atoms with Crippen LogP contribution in [-0.2, 0) is 0 Å². The minimum atomic E-state index is -0.377. The molecular weight excluding hydrogens is 279 g/mol. The predicted octanol–water partition coefficient (Wildman–Crippen LogP) is 2.38.